The maximum absolute atomic E-state index is 13.0. The lowest BCUT2D eigenvalue weighted by atomic mass is 10.1. The molecule has 132 valence electrons. The van der Waals surface area contributed by atoms with Crippen molar-refractivity contribution >= 4 is 27.3 Å². The molecule has 0 aromatic heterocycles. The van der Waals surface area contributed by atoms with Gasteiger partial charge in [-0.05, 0) is 48.4 Å². The first kappa shape index (κ1) is 18.7. The van der Waals surface area contributed by atoms with Gasteiger partial charge in [-0.1, -0.05) is 25.1 Å². The standard InChI is InChI=1S/C19H22N2O3S/c1-4-14-21(18-10-6-16(5-2)7-11-18)25(23,24)19-12-8-17(9-13-19)20-15(3)22/h4,6-13H,1,5,14H2,2-3H3,(H,20,22). The van der Waals surface area contributed by atoms with Gasteiger partial charge >= 0.3 is 0 Å². The molecular weight excluding hydrogens is 336 g/mol. The predicted octanol–water partition coefficient (Wildman–Crippen LogP) is 3.59. The van der Waals surface area contributed by atoms with Crippen LogP contribution in [0, 0.1) is 0 Å². The van der Waals surface area contributed by atoms with Crippen LogP contribution >= 0.6 is 0 Å². The molecule has 0 fully saturated rings. The summed E-state index contributed by atoms with van der Waals surface area (Å²) in [5.41, 5.74) is 2.27. The normalized spacial score (nSPS) is 11.0. The molecule has 6 heteroatoms. The van der Waals surface area contributed by atoms with Crippen LogP contribution in [0.5, 0.6) is 0 Å². The van der Waals surface area contributed by atoms with Gasteiger partial charge in [0.05, 0.1) is 17.1 Å². The van der Waals surface area contributed by atoms with E-state index in [9.17, 15) is 13.2 Å². The Balaban J connectivity index is 2.37. The molecule has 0 saturated heterocycles. The van der Waals surface area contributed by atoms with Crippen LogP contribution in [0.15, 0.2) is 66.1 Å². The number of rotatable bonds is 7. The van der Waals surface area contributed by atoms with Gasteiger partial charge in [0.1, 0.15) is 0 Å². The quantitative estimate of drug-likeness (QED) is 0.769. The van der Waals surface area contributed by atoms with Crippen LogP contribution in [0.25, 0.3) is 0 Å². The van der Waals surface area contributed by atoms with E-state index in [4.69, 9.17) is 0 Å². The molecule has 0 heterocycles. The Bertz CT molecular complexity index is 841. The summed E-state index contributed by atoms with van der Waals surface area (Å²) in [6, 6.07) is 13.5. The lowest BCUT2D eigenvalue weighted by Crippen LogP contribution is -2.31. The molecule has 2 aromatic carbocycles. The van der Waals surface area contributed by atoms with Crippen molar-refractivity contribution in [2.24, 2.45) is 0 Å². The highest BCUT2D eigenvalue weighted by molar-refractivity contribution is 7.92. The maximum atomic E-state index is 13.0. The van der Waals surface area contributed by atoms with Gasteiger partial charge in [0, 0.05) is 12.6 Å². The number of aryl methyl sites for hydroxylation is 1. The number of nitrogens with one attached hydrogen (secondary N) is 1. The fourth-order valence-corrected chi connectivity index (χ4v) is 3.83. The van der Waals surface area contributed by atoms with Crippen LogP contribution in [-0.4, -0.2) is 20.9 Å². The monoisotopic (exact) mass is 358 g/mol. The Labute approximate surface area is 149 Å². The van der Waals surface area contributed by atoms with Crippen molar-refractivity contribution < 1.29 is 13.2 Å². The summed E-state index contributed by atoms with van der Waals surface area (Å²) in [5, 5.41) is 2.62. The van der Waals surface area contributed by atoms with E-state index in [1.165, 1.54) is 23.4 Å². The van der Waals surface area contributed by atoms with Crippen molar-refractivity contribution in [2.45, 2.75) is 25.2 Å². The molecule has 25 heavy (non-hydrogen) atoms. The third-order valence-corrected chi connectivity index (χ3v) is 5.50. The lowest BCUT2D eigenvalue weighted by molar-refractivity contribution is -0.114. The number of amides is 1. The minimum absolute atomic E-state index is 0.156. The number of benzene rings is 2. The maximum Gasteiger partial charge on any atom is 0.264 e. The number of hydrogen-bond donors (Lipinski definition) is 1. The van der Waals surface area contributed by atoms with Crippen molar-refractivity contribution in [2.75, 3.05) is 16.2 Å². The highest BCUT2D eigenvalue weighted by Crippen LogP contribution is 2.25. The van der Waals surface area contributed by atoms with Gasteiger partial charge in [-0.15, -0.1) is 6.58 Å². The molecule has 0 radical (unpaired) electrons. The van der Waals surface area contributed by atoms with E-state index in [2.05, 4.69) is 11.9 Å². The summed E-state index contributed by atoms with van der Waals surface area (Å²) in [7, 11) is -3.73. The van der Waals surface area contributed by atoms with Crippen molar-refractivity contribution in [1.82, 2.24) is 0 Å². The molecule has 0 bridgehead atoms. The Hall–Kier alpha value is -2.60. The first-order valence-corrected chi connectivity index (χ1v) is 9.42. The highest BCUT2D eigenvalue weighted by atomic mass is 32.2. The molecule has 1 N–H and O–H groups in total. The second-order valence-electron chi connectivity index (χ2n) is 5.55. The summed E-state index contributed by atoms with van der Waals surface area (Å²) >= 11 is 0. The first-order chi connectivity index (χ1) is 11.9. The zero-order valence-corrected chi connectivity index (χ0v) is 15.2. The van der Waals surface area contributed by atoms with Gasteiger partial charge < -0.3 is 5.32 Å². The van der Waals surface area contributed by atoms with Crippen molar-refractivity contribution in [1.29, 1.82) is 0 Å². The van der Waals surface area contributed by atoms with Crippen LogP contribution in [-0.2, 0) is 21.2 Å². The predicted molar refractivity (Wildman–Crippen MR) is 101 cm³/mol. The number of anilines is 2. The summed E-state index contributed by atoms with van der Waals surface area (Å²) < 4.78 is 27.3. The van der Waals surface area contributed by atoms with E-state index >= 15 is 0 Å². The molecule has 2 aromatic rings. The number of carbonyl (C=O) groups is 1. The second kappa shape index (κ2) is 7.98. The van der Waals surface area contributed by atoms with Gasteiger partial charge in [-0.25, -0.2) is 8.42 Å². The third-order valence-electron chi connectivity index (χ3n) is 3.69. The van der Waals surface area contributed by atoms with E-state index in [0.29, 0.717) is 11.4 Å². The van der Waals surface area contributed by atoms with Gasteiger partial charge in [0.15, 0.2) is 0 Å². The summed E-state index contributed by atoms with van der Waals surface area (Å²) in [5.74, 6) is -0.208. The van der Waals surface area contributed by atoms with Crippen LogP contribution in [0.1, 0.15) is 19.4 Å². The summed E-state index contributed by atoms with van der Waals surface area (Å²) in [6.45, 7) is 7.27. The largest absolute Gasteiger partial charge is 0.326 e. The van der Waals surface area contributed by atoms with E-state index in [1.807, 2.05) is 19.1 Å². The SMILES string of the molecule is C=CCN(c1ccc(CC)cc1)S(=O)(=O)c1ccc(NC(C)=O)cc1. The molecule has 0 unspecified atom stereocenters. The van der Waals surface area contributed by atoms with Crippen molar-refractivity contribution in [3.05, 3.63) is 66.7 Å². The molecule has 2 rings (SSSR count). The number of nitrogens with zero attached hydrogens (tertiary/aromatic N) is 1. The Morgan fingerprint density at radius 1 is 1.12 bits per heavy atom. The highest BCUT2D eigenvalue weighted by Gasteiger charge is 2.24. The average molecular weight is 358 g/mol. The molecule has 5 nitrogen and oxygen atoms in total. The Morgan fingerprint density at radius 3 is 2.20 bits per heavy atom. The molecule has 0 atom stereocenters. The fraction of sp³-hybridized carbons (Fsp3) is 0.211. The third kappa shape index (κ3) is 4.48. The van der Waals surface area contributed by atoms with Crippen LogP contribution in [0.2, 0.25) is 0 Å². The Morgan fingerprint density at radius 2 is 1.72 bits per heavy atom. The number of hydrogen-bond acceptors (Lipinski definition) is 3. The number of carbonyl (C=O) groups excluding carboxylic acids is 1. The fourth-order valence-electron chi connectivity index (χ4n) is 2.40. The van der Waals surface area contributed by atoms with Crippen LogP contribution in [0.3, 0.4) is 0 Å². The zero-order valence-electron chi connectivity index (χ0n) is 14.4. The minimum Gasteiger partial charge on any atom is -0.326 e. The molecule has 0 aliphatic heterocycles. The van der Waals surface area contributed by atoms with Crippen LogP contribution < -0.4 is 9.62 Å². The van der Waals surface area contributed by atoms with Crippen LogP contribution in [0.4, 0.5) is 11.4 Å². The molecule has 0 spiro atoms. The van der Waals surface area contributed by atoms with Crippen molar-refractivity contribution in [3.8, 4) is 0 Å². The minimum atomic E-state index is -3.73. The summed E-state index contributed by atoms with van der Waals surface area (Å²) in [4.78, 5) is 11.2. The van der Waals surface area contributed by atoms with E-state index in [1.54, 1.807) is 30.3 Å². The average Bonchev–Trinajstić information content (AvgIpc) is 2.59. The second-order valence-corrected chi connectivity index (χ2v) is 7.41. The van der Waals surface area contributed by atoms with E-state index in [0.717, 1.165) is 12.0 Å². The lowest BCUT2D eigenvalue weighted by Gasteiger charge is -2.23. The zero-order chi connectivity index (χ0) is 18.4. The van der Waals surface area contributed by atoms with Gasteiger partial charge in [-0.2, -0.15) is 0 Å². The number of sulfonamides is 1. The molecule has 0 aliphatic rings. The van der Waals surface area contributed by atoms with E-state index < -0.39 is 10.0 Å². The molecule has 0 saturated carbocycles. The first-order valence-electron chi connectivity index (χ1n) is 7.98. The Kier molecular flexibility index (Phi) is 5.98. The topological polar surface area (TPSA) is 66.5 Å². The van der Waals surface area contributed by atoms with Gasteiger partial charge in [0.2, 0.25) is 5.91 Å². The molecule has 0 aliphatic carbocycles. The summed E-state index contributed by atoms with van der Waals surface area (Å²) in [6.07, 6.45) is 2.44. The van der Waals surface area contributed by atoms with E-state index in [-0.39, 0.29) is 17.3 Å². The van der Waals surface area contributed by atoms with Crippen molar-refractivity contribution in [3.63, 3.8) is 0 Å². The molecular formula is C19H22N2O3S. The van der Waals surface area contributed by atoms with Gasteiger partial charge in [0.25, 0.3) is 10.0 Å². The smallest absolute Gasteiger partial charge is 0.264 e. The van der Waals surface area contributed by atoms with Gasteiger partial charge in [-0.3, -0.25) is 9.10 Å². The molecule has 1 amide bonds.